The third-order valence-corrected chi connectivity index (χ3v) is 6.43. The minimum Gasteiger partial charge on any atom is -0.392 e. The molecule has 0 aliphatic rings. The number of aliphatic hydroxyl groups is 1. The van der Waals surface area contributed by atoms with Gasteiger partial charge in [0.25, 0.3) is 9.84 Å². The van der Waals surface area contributed by atoms with Crippen molar-refractivity contribution in [2.24, 2.45) is 0 Å². The summed E-state index contributed by atoms with van der Waals surface area (Å²) in [5.41, 5.74) is -0.697. The number of nitrogens with one attached hydrogen (secondary N) is 1. The molecular weight excluding hydrogens is 441 g/mol. The van der Waals surface area contributed by atoms with E-state index in [4.69, 9.17) is 0 Å². The van der Waals surface area contributed by atoms with Crippen molar-refractivity contribution in [1.29, 1.82) is 0 Å². The van der Waals surface area contributed by atoms with E-state index in [0.29, 0.717) is 16.9 Å². The summed E-state index contributed by atoms with van der Waals surface area (Å²) in [6.45, 7) is -0.0776. The van der Waals surface area contributed by atoms with E-state index in [1.165, 1.54) is 12.1 Å². The lowest BCUT2D eigenvalue weighted by atomic mass is 10.00. The number of imidazole rings is 1. The van der Waals surface area contributed by atoms with Crippen LogP contribution in [0.25, 0.3) is 34.3 Å². The number of halogens is 3. The number of hydrogen-bond donors (Lipinski definition) is 2. The van der Waals surface area contributed by atoms with Crippen LogP contribution in [0.4, 0.5) is 13.2 Å². The molecule has 2 N–H and O–H groups in total. The zero-order chi connectivity index (χ0) is 22.9. The Kier molecular flexibility index (Phi) is 5.62. The maximum atomic E-state index is 12.6. The van der Waals surface area contributed by atoms with Crippen LogP contribution in [0.15, 0.2) is 71.6 Å². The van der Waals surface area contributed by atoms with Crippen molar-refractivity contribution in [3.8, 4) is 11.1 Å². The van der Waals surface area contributed by atoms with Crippen LogP contribution in [0.5, 0.6) is 0 Å². The lowest BCUT2D eigenvalue weighted by Crippen LogP contribution is -2.23. The number of sulfone groups is 1. The van der Waals surface area contributed by atoms with Crippen LogP contribution < -0.4 is 0 Å². The second-order valence-corrected chi connectivity index (χ2v) is 8.96. The van der Waals surface area contributed by atoms with Crippen molar-refractivity contribution in [3.63, 3.8) is 0 Å². The number of rotatable bonds is 5. The number of alkyl halides is 3. The summed E-state index contributed by atoms with van der Waals surface area (Å²) < 4.78 is 60.8. The monoisotopic (exact) mass is 458 g/mol. The molecule has 0 aliphatic carbocycles. The van der Waals surface area contributed by atoms with Crippen molar-refractivity contribution in [3.05, 3.63) is 83.7 Å². The molecule has 0 radical (unpaired) electrons. The molecule has 0 spiro atoms. The number of fused-ring (bicyclic) bond motifs is 1. The Balaban J connectivity index is 1.58. The van der Waals surface area contributed by atoms with Crippen LogP contribution >= 0.6 is 0 Å². The zero-order valence-electron chi connectivity index (χ0n) is 16.5. The van der Waals surface area contributed by atoms with E-state index in [2.05, 4.69) is 9.97 Å². The molecule has 5 nitrogen and oxygen atoms in total. The minimum atomic E-state index is -5.37. The second kappa shape index (κ2) is 8.25. The summed E-state index contributed by atoms with van der Waals surface area (Å²) in [5.74, 6) is 0.527. The molecular formula is C23H17F3N2O3S. The molecule has 0 saturated heterocycles. The number of hydrogen-bond acceptors (Lipinski definition) is 4. The van der Waals surface area contributed by atoms with Crippen molar-refractivity contribution >= 4 is 33.0 Å². The number of nitrogens with zero attached hydrogens (tertiary/aromatic N) is 1. The summed E-state index contributed by atoms with van der Waals surface area (Å²) in [5, 5.41) is 9.56. The van der Waals surface area contributed by atoms with Gasteiger partial charge in [0.05, 0.1) is 22.5 Å². The predicted octanol–water partition coefficient (Wildman–Crippen LogP) is 5.19. The maximum absolute atomic E-state index is 12.6. The molecule has 0 atom stereocenters. The highest BCUT2D eigenvalue weighted by Crippen LogP contribution is 2.30. The lowest BCUT2D eigenvalue weighted by Gasteiger charge is -2.07. The number of aromatic amines is 1. The Morgan fingerprint density at radius 3 is 2.38 bits per heavy atom. The molecule has 4 rings (SSSR count). The summed E-state index contributed by atoms with van der Waals surface area (Å²) in [7, 11) is -5.37. The SMILES string of the molecule is O=S(=O)(c1ccc(C=Cc2nc3cc(-c4ccccc4CO)ccc3[nH]2)cc1)C(F)(F)F. The van der Waals surface area contributed by atoms with Crippen molar-refractivity contribution < 1.29 is 26.7 Å². The van der Waals surface area contributed by atoms with E-state index in [-0.39, 0.29) is 6.61 Å². The molecule has 0 amide bonds. The first-order valence-corrected chi connectivity index (χ1v) is 11.0. The predicted molar refractivity (Wildman–Crippen MR) is 116 cm³/mol. The first kappa shape index (κ1) is 21.8. The van der Waals surface area contributed by atoms with Crippen molar-refractivity contribution in [1.82, 2.24) is 9.97 Å². The van der Waals surface area contributed by atoms with E-state index >= 15 is 0 Å². The average Bonchev–Trinajstić information content (AvgIpc) is 3.19. The smallest absolute Gasteiger partial charge is 0.392 e. The Labute approximate surface area is 181 Å². The highest BCUT2D eigenvalue weighted by molar-refractivity contribution is 7.92. The molecule has 1 heterocycles. The third-order valence-electron chi connectivity index (χ3n) is 4.93. The minimum absolute atomic E-state index is 0.0776. The van der Waals surface area contributed by atoms with Gasteiger partial charge in [-0.1, -0.05) is 48.5 Å². The van der Waals surface area contributed by atoms with Crippen LogP contribution in [0.2, 0.25) is 0 Å². The topological polar surface area (TPSA) is 83.1 Å². The van der Waals surface area contributed by atoms with Crippen LogP contribution in [-0.4, -0.2) is 29.0 Å². The van der Waals surface area contributed by atoms with Crippen LogP contribution in [0.3, 0.4) is 0 Å². The fourth-order valence-electron chi connectivity index (χ4n) is 3.28. The van der Waals surface area contributed by atoms with Gasteiger partial charge >= 0.3 is 5.51 Å². The first-order valence-electron chi connectivity index (χ1n) is 9.47. The van der Waals surface area contributed by atoms with Gasteiger partial charge in [0.15, 0.2) is 0 Å². The number of aliphatic hydroxyl groups excluding tert-OH is 1. The van der Waals surface area contributed by atoms with Gasteiger partial charge in [-0.05, 0) is 52.6 Å². The molecule has 0 saturated carbocycles. The van der Waals surface area contributed by atoms with E-state index in [1.54, 1.807) is 12.2 Å². The van der Waals surface area contributed by atoms with Gasteiger partial charge in [-0.3, -0.25) is 0 Å². The normalized spacial score (nSPS) is 12.6. The largest absolute Gasteiger partial charge is 0.501 e. The molecule has 9 heteroatoms. The van der Waals surface area contributed by atoms with Gasteiger partial charge in [0.1, 0.15) is 5.82 Å². The van der Waals surface area contributed by atoms with E-state index in [9.17, 15) is 26.7 Å². The van der Waals surface area contributed by atoms with Crippen LogP contribution in [0.1, 0.15) is 17.0 Å². The first-order chi connectivity index (χ1) is 15.2. The Morgan fingerprint density at radius 2 is 1.69 bits per heavy atom. The molecule has 0 bridgehead atoms. The Bertz CT molecular complexity index is 1410. The van der Waals surface area contributed by atoms with E-state index in [0.717, 1.165) is 34.3 Å². The molecule has 4 aromatic rings. The van der Waals surface area contributed by atoms with Crippen LogP contribution in [-0.2, 0) is 16.4 Å². The number of benzene rings is 3. The van der Waals surface area contributed by atoms with Gasteiger partial charge in [0.2, 0.25) is 0 Å². The van der Waals surface area contributed by atoms with E-state index < -0.39 is 20.2 Å². The summed E-state index contributed by atoms with van der Waals surface area (Å²) in [4.78, 5) is 6.84. The number of aromatic nitrogens is 2. The highest BCUT2D eigenvalue weighted by atomic mass is 32.2. The highest BCUT2D eigenvalue weighted by Gasteiger charge is 2.46. The maximum Gasteiger partial charge on any atom is 0.501 e. The van der Waals surface area contributed by atoms with Gasteiger partial charge in [0, 0.05) is 0 Å². The molecule has 1 aromatic heterocycles. The summed E-state index contributed by atoms with van der Waals surface area (Å²) >= 11 is 0. The molecule has 0 unspecified atom stereocenters. The summed E-state index contributed by atoms with van der Waals surface area (Å²) in [6, 6.07) is 17.6. The van der Waals surface area contributed by atoms with Crippen molar-refractivity contribution in [2.45, 2.75) is 17.0 Å². The standard InChI is InChI=1S/C23H17F3N2O3S/c24-23(25,26)32(30,31)18-9-5-15(6-10-18)7-12-22-27-20-11-8-16(13-21(20)28-22)19-4-2-1-3-17(19)14-29/h1-13,29H,14H2,(H,27,28). The van der Waals surface area contributed by atoms with E-state index in [1.807, 2.05) is 42.5 Å². The fourth-order valence-corrected chi connectivity index (χ4v) is 4.04. The van der Waals surface area contributed by atoms with Gasteiger partial charge in [-0.2, -0.15) is 13.2 Å². The third kappa shape index (κ3) is 4.17. The van der Waals surface area contributed by atoms with Gasteiger partial charge < -0.3 is 10.1 Å². The molecule has 164 valence electrons. The van der Waals surface area contributed by atoms with Crippen LogP contribution in [0, 0.1) is 0 Å². The lowest BCUT2D eigenvalue weighted by molar-refractivity contribution is -0.0436. The van der Waals surface area contributed by atoms with Gasteiger partial charge in [-0.15, -0.1) is 0 Å². The van der Waals surface area contributed by atoms with Gasteiger partial charge in [-0.25, -0.2) is 13.4 Å². The Hall–Kier alpha value is -3.43. The average molecular weight is 458 g/mol. The summed E-state index contributed by atoms with van der Waals surface area (Å²) in [6.07, 6.45) is 3.26. The Morgan fingerprint density at radius 1 is 0.969 bits per heavy atom. The fraction of sp³-hybridized carbons (Fsp3) is 0.0870. The second-order valence-electron chi connectivity index (χ2n) is 7.02. The number of H-pyrrole nitrogens is 1. The van der Waals surface area contributed by atoms with Crippen molar-refractivity contribution in [2.75, 3.05) is 0 Å². The molecule has 32 heavy (non-hydrogen) atoms. The quantitative estimate of drug-likeness (QED) is 0.431. The molecule has 0 aliphatic heterocycles. The molecule has 0 fully saturated rings. The molecule has 3 aromatic carbocycles. The zero-order valence-corrected chi connectivity index (χ0v) is 17.3.